The third kappa shape index (κ3) is 3.47. The number of benzene rings is 1. The van der Waals surface area contributed by atoms with Gasteiger partial charge >= 0.3 is 0 Å². The second-order valence-corrected chi connectivity index (χ2v) is 5.17. The molecular formula is C15H22N2O2. The van der Waals surface area contributed by atoms with E-state index in [2.05, 4.69) is 5.32 Å². The zero-order chi connectivity index (χ0) is 13.8. The van der Waals surface area contributed by atoms with Crippen molar-refractivity contribution < 1.29 is 9.53 Å². The van der Waals surface area contributed by atoms with Gasteiger partial charge in [-0.3, -0.25) is 4.79 Å². The molecule has 1 N–H and O–H groups in total. The summed E-state index contributed by atoms with van der Waals surface area (Å²) in [5, 5.41) is 3.45. The number of nitrogens with one attached hydrogen (secondary N) is 1. The van der Waals surface area contributed by atoms with Gasteiger partial charge in [0.15, 0.2) is 0 Å². The number of carbonyl (C=O) groups excluding carboxylic acids is 1. The molecule has 1 saturated carbocycles. The Balaban J connectivity index is 1.92. The topological polar surface area (TPSA) is 41.6 Å². The lowest BCUT2D eigenvalue weighted by molar-refractivity contribution is 0.00299. The molecule has 2 rings (SSSR count). The second kappa shape index (κ2) is 6.06. The van der Waals surface area contributed by atoms with E-state index in [1.165, 1.54) is 0 Å². The van der Waals surface area contributed by atoms with Gasteiger partial charge in [0.1, 0.15) is 0 Å². The lowest BCUT2D eigenvalue weighted by atomic mass is 9.89. The van der Waals surface area contributed by atoms with Crippen LogP contribution in [0.15, 0.2) is 24.3 Å². The highest BCUT2D eigenvalue weighted by molar-refractivity contribution is 5.94. The van der Waals surface area contributed by atoms with Crippen molar-refractivity contribution in [3.8, 4) is 0 Å². The molecule has 0 saturated heterocycles. The molecule has 0 unspecified atom stereocenters. The smallest absolute Gasteiger partial charge is 0.253 e. The van der Waals surface area contributed by atoms with Crippen LogP contribution in [0.1, 0.15) is 30.1 Å². The second-order valence-electron chi connectivity index (χ2n) is 5.17. The third-order valence-electron chi connectivity index (χ3n) is 3.38. The summed E-state index contributed by atoms with van der Waals surface area (Å²) in [6, 6.07) is 8.13. The molecule has 0 atom stereocenters. The van der Waals surface area contributed by atoms with E-state index in [0.29, 0.717) is 12.1 Å². The van der Waals surface area contributed by atoms with Crippen LogP contribution in [0.5, 0.6) is 0 Å². The highest BCUT2D eigenvalue weighted by Gasteiger charge is 2.29. The van der Waals surface area contributed by atoms with E-state index in [1.807, 2.05) is 31.2 Å². The van der Waals surface area contributed by atoms with E-state index in [1.54, 1.807) is 19.0 Å². The summed E-state index contributed by atoms with van der Waals surface area (Å²) in [5.41, 5.74) is 1.73. The van der Waals surface area contributed by atoms with Crippen LogP contribution in [0.25, 0.3) is 0 Å². The Bertz CT molecular complexity index is 440. The molecule has 4 heteroatoms. The number of hydrogen-bond acceptors (Lipinski definition) is 3. The van der Waals surface area contributed by atoms with Gasteiger partial charge in [-0.15, -0.1) is 0 Å². The van der Waals surface area contributed by atoms with Gasteiger partial charge in [-0.05, 0) is 38.0 Å². The van der Waals surface area contributed by atoms with Crippen molar-refractivity contribution in [3.05, 3.63) is 29.8 Å². The van der Waals surface area contributed by atoms with Crippen LogP contribution in [-0.2, 0) is 4.74 Å². The highest BCUT2D eigenvalue weighted by atomic mass is 16.5. The molecule has 1 aromatic rings. The molecule has 0 aliphatic heterocycles. The molecule has 1 amide bonds. The van der Waals surface area contributed by atoms with E-state index in [4.69, 9.17) is 4.74 Å². The van der Waals surface area contributed by atoms with Crippen LogP contribution >= 0.6 is 0 Å². The maximum Gasteiger partial charge on any atom is 0.253 e. The van der Waals surface area contributed by atoms with E-state index in [-0.39, 0.29) is 5.91 Å². The Labute approximate surface area is 114 Å². The first-order valence-electron chi connectivity index (χ1n) is 6.80. The molecule has 1 aliphatic carbocycles. The summed E-state index contributed by atoms with van der Waals surface area (Å²) in [6.45, 7) is 2.81. The average molecular weight is 262 g/mol. The SMILES string of the molecule is CCOC1CC(Nc2cccc(C(=O)N(C)C)c2)C1. The van der Waals surface area contributed by atoms with E-state index < -0.39 is 0 Å². The van der Waals surface area contributed by atoms with Gasteiger partial charge in [0.25, 0.3) is 5.91 Å². The number of rotatable bonds is 5. The summed E-state index contributed by atoms with van der Waals surface area (Å²) < 4.78 is 5.54. The summed E-state index contributed by atoms with van der Waals surface area (Å²) >= 11 is 0. The van der Waals surface area contributed by atoms with Crippen LogP contribution in [0.3, 0.4) is 0 Å². The number of ether oxygens (including phenoxy) is 1. The molecule has 104 valence electrons. The summed E-state index contributed by atoms with van der Waals surface area (Å²) in [5.74, 6) is 0.0319. The minimum absolute atomic E-state index is 0.0319. The first-order chi connectivity index (χ1) is 9.10. The number of hydrogen-bond donors (Lipinski definition) is 1. The predicted octanol–water partition coefficient (Wildman–Crippen LogP) is 2.37. The summed E-state index contributed by atoms with van der Waals surface area (Å²) in [4.78, 5) is 13.5. The lowest BCUT2D eigenvalue weighted by Gasteiger charge is -2.36. The summed E-state index contributed by atoms with van der Waals surface area (Å²) in [6.07, 6.45) is 2.48. The number of amides is 1. The molecule has 19 heavy (non-hydrogen) atoms. The van der Waals surface area contributed by atoms with Gasteiger partial charge in [0.2, 0.25) is 0 Å². The van der Waals surface area contributed by atoms with Gasteiger partial charge in [0, 0.05) is 38.0 Å². The highest BCUT2D eigenvalue weighted by Crippen LogP contribution is 2.27. The lowest BCUT2D eigenvalue weighted by Crippen LogP contribution is -2.40. The van der Waals surface area contributed by atoms with Crippen molar-refractivity contribution in [2.75, 3.05) is 26.0 Å². The Morgan fingerprint density at radius 3 is 2.79 bits per heavy atom. The van der Waals surface area contributed by atoms with Crippen molar-refractivity contribution in [1.82, 2.24) is 4.90 Å². The van der Waals surface area contributed by atoms with Crippen LogP contribution in [-0.4, -0.2) is 43.7 Å². The fourth-order valence-electron chi connectivity index (χ4n) is 2.29. The fraction of sp³-hybridized carbons (Fsp3) is 0.533. The number of carbonyl (C=O) groups is 1. The predicted molar refractivity (Wildman–Crippen MR) is 76.5 cm³/mol. The standard InChI is InChI=1S/C15H22N2O2/c1-4-19-14-9-13(10-14)16-12-7-5-6-11(8-12)15(18)17(2)3/h5-8,13-14,16H,4,9-10H2,1-3H3. The Kier molecular flexibility index (Phi) is 4.43. The van der Waals surface area contributed by atoms with E-state index >= 15 is 0 Å². The maximum absolute atomic E-state index is 11.9. The molecule has 0 bridgehead atoms. The monoisotopic (exact) mass is 262 g/mol. The van der Waals surface area contributed by atoms with Crippen molar-refractivity contribution in [1.29, 1.82) is 0 Å². The molecule has 1 fully saturated rings. The van der Waals surface area contributed by atoms with Gasteiger partial charge in [-0.25, -0.2) is 0 Å². The van der Waals surface area contributed by atoms with Gasteiger partial charge in [-0.2, -0.15) is 0 Å². The first-order valence-corrected chi connectivity index (χ1v) is 6.80. The Morgan fingerprint density at radius 1 is 1.42 bits per heavy atom. The van der Waals surface area contributed by atoms with Crippen molar-refractivity contribution in [2.45, 2.75) is 31.9 Å². The van der Waals surface area contributed by atoms with E-state index in [9.17, 15) is 4.79 Å². The Morgan fingerprint density at radius 2 is 2.16 bits per heavy atom. The normalized spacial score (nSPS) is 21.6. The molecule has 1 aliphatic rings. The minimum Gasteiger partial charge on any atom is -0.382 e. The first kappa shape index (κ1) is 13.9. The van der Waals surface area contributed by atoms with Crippen molar-refractivity contribution in [2.24, 2.45) is 0 Å². The van der Waals surface area contributed by atoms with E-state index in [0.717, 1.165) is 30.7 Å². The van der Waals surface area contributed by atoms with Crippen LogP contribution < -0.4 is 5.32 Å². The minimum atomic E-state index is 0.0319. The maximum atomic E-state index is 11.9. The van der Waals surface area contributed by atoms with Crippen LogP contribution in [0, 0.1) is 0 Å². The average Bonchev–Trinajstić information content (AvgIpc) is 2.35. The third-order valence-corrected chi connectivity index (χ3v) is 3.38. The zero-order valence-electron chi connectivity index (χ0n) is 11.8. The van der Waals surface area contributed by atoms with Crippen molar-refractivity contribution in [3.63, 3.8) is 0 Å². The molecule has 1 aromatic carbocycles. The Hall–Kier alpha value is -1.55. The molecular weight excluding hydrogens is 240 g/mol. The number of nitrogens with zero attached hydrogens (tertiary/aromatic N) is 1. The fourth-order valence-corrected chi connectivity index (χ4v) is 2.29. The van der Waals surface area contributed by atoms with Gasteiger partial charge in [0.05, 0.1) is 6.10 Å². The summed E-state index contributed by atoms with van der Waals surface area (Å²) in [7, 11) is 3.53. The quantitative estimate of drug-likeness (QED) is 0.885. The molecule has 4 nitrogen and oxygen atoms in total. The van der Waals surface area contributed by atoms with Gasteiger partial charge in [-0.1, -0.05) is 6.07 Å². The molecule has 0 aromatic heterocycles. The van der Waals surface area contributed by atoms with Gasteiger partial charge < -0.3 is 15.0 Å². The molecule has 0 heterocycles. The molecule has 0 spiro atoms. The van der Waals surface area contributed by atoms with Crippen molar-refractivity contribution >= 4 is 11.6 Å². The zero-order valence-corrected chi connectivity index (χ0v) is 11.8. The van der Waals surface area contributed by atoms with Crippen LogP contribution in [0.4, 0.5) is 5.69 Å². The largest absolute Gasteiger partial charge is 0.382 e. The van der Waals surface area contributed by atoms with Crippen LogP contribution in [0.2, 0.25) is 0 Å². The molecule has 0 radical (unpaired) electrons. The number of anilines is 1.